The zero-order valence-corrected chi connectivity index (χ0v) is 11.4. The summed E-state index contributed by atoms with van der Waals surface area (Å²) in [5, 5.41) is 8.00. The number of rotatable bonds is 2. The lowest BCUT2D eigenvalue weighted by Gasteiger charge is -1.99. The van der Waals surface area contributed by atoms with Crippen molar-refractivity contribution < 1.29 is 0 Å². The summed E-state index contributed by atoms with van der Waals surface area (Å²) in [4.78, 5) is 4.67. The Balaban J connectivity index is 1.75. The molecule has 0 radical (unpaired) electrons. The predicted molar refractivity (Wildman–Crippen MR) is 82.6 cm³/mol. The van der Waals surface area contributed by atoms with E-state index in [1.54, 1.807) is 17.5 Å². The van der Waals surface area contributed by atoms with E-state index in [1.807, 2.05) is 24.3 Å². The van der Waals surface area contributed by atoms with Crippen molar-refractivity contribution in [1.82, 2.24) is 15.2 Å². The molecular formula is C16H11N3S. The molecule has 0 fully saturated rings. The number of H-pyrrole nitrogens is 1. The Bertz CT molecular complexity index is 812. The van der Waals surface area contributed by atoms with Crippen molar-refractivity contribution in [3.63, 3.8) is 0 Å². The van der Waals surface area contributed by atoms with Crippen LogP contribution in [0.4, 0.5) is 0 Å². The van der Waals surface area contributed by atoms with Gasteiger partial charge in [0.25, 0.3) is 0 Å². The summed E-state index contributed by atoms with van der Waals surface area (Å²) in [6.45, 7) is 0. The Morgan fingerprint density at radius 1 is 0.850 bits per heavy atom. The van der Waals surface area contributed by atoms with Crippen LogP contribution in [0.3, 0.4) is 0 Å². The van der Waals surface area contributed by atoms with Gasteiger partial charge in [0.2, 0.25) is 0 Å². The molecule has 1 N–H and O–H groups in total. The highest BCUT2D eigenvalue weighted by Crippen LogP contribution is 2.30. The number of nitrogens with zero attached hydrogens (tertiary/aromatic N) is 2. The van der Waals surface area contributed by atoms with Crippen LogP contribution in [0.1, 0.15) is 0 Å². The van der Waals surface area contributed by atoms with Crippen LogP contribution in [0.2, 0.25) is 0 Å². The molecule has 0 bridgehead atoms. The first kappa shape index (κ1) is 11.4. The van der Waals surface area contributed by atoms with Gasteiger partial charge in [0.1, 0.15) is 5.01 Å². The minimum atomic E-state index is 1.03. The van der Waals surface area contributed by atoms with Gasteiger partial charge >= 0.3 is 0 Å². The van der Waals surface area contributed by atoms with Gasteiger partial charge in [0.15, 0.2) is 0 Å². The quantitative estimate of drug-likeness (QED) is 0.591. The molecule has 0 aliphatic heterocycles. The third-order valence-electron chi connectivity index (χ3n) is 3.24. The van der Waals surface area contributed by atoms with E-state index in [4.69, 9.17) is 0 Å². The molecule has 96 valence electrons. The van der Waals surface area contributed by atoms with Crippen molar-refractivity contribution in [2.24, 2.45) is 0 Å². The fourth-order valence-electron chi connectivity index (χ4n) is 2.20. The fraction of sp³-hybridized carbons (Fsp3) is 0. The van der Waals surface area contributed by atoms with E-state index in [2.05, 4.69) is 45.5 Å². The summed E-state index contributed by atoms with van der Waals surface area (Å²) >= 11 is 1.72. The van der Waals surface area contributed by atoms with Crippen molar-refractivity contribution in [3.05, 3.63) is 60.8 Å². The molecule has 0 aliphatic carbocycles. The van der Waals surface area contributed by atoms with Gasteiger partial charge in [-0.2, -0.15) is 5.10 Å². The molecule has 0 saturated heterocycles. The molecule has 4 aromatic rings. The number of aromatic nitrogens is 3. The van der Waals surface area contributed by atoms with E-state index in [0.717, 1.165) is 27.3 Å². The highest BCUT2D eigenvalue weighted by molar-refractivity contribution is 7.21. The second-order valence-electron chi connectivity index (χ2n) is 4.53. The molecule has 0 amide bonds. The fourth-order valence-corrected chi connectivity index (χ4v) is 3.18. The molecule has 0 unspecified atom stereocenters. The molecule has 3 nitrogen and oxygen atoms in total. The maximum absolute atomic E-state index is 4.67. The molecule has 2 aromatic heterocycles. The maximum Gasteiger partial charge on any atom is 0.124 e. The van der Waals surface area contributed by atoms with E-state index >= 15 is 0 Å². The van der Waals surface area contributed by atoms with Crippen LogP contribution in [0.5, 0.6) is 0 Å². The van der Waals surface area contributed by atoms with Crippen LogP contribution in [-0.2, 0) is 0 Å². The third-order valence-corrected chi connectivity index (χ3v) is 4.32. The number of hydrogen-bond acceptors (Lipinski definition) is 3. The largest absolute Gasteiger partial charge is 0.278 e. The first-order valence-corrected chi connectivity index (χ1v) is 7.17. The lowest BCUT2D eigenvalue weighted by Crippen LogP contribution is -1.80. The van der Waals surface area contributed by atoms with Crippen molar-refractivity contribution in [2.75, 3.05) is 0 Å². The predicted octanol–water partition coefficient (Wildman–Crippen LogP) is 4.35. The number of benzene rings is 2. The molecule has 4 rings (SSSR count). The Morgan fingerprint density at radius 3 is 2.40 bits per heavy atom. The van der Waals surface area contributed by atoms with Crippen LogP contribution in [0.15, 0.2) is 60.8 Å². The number of aromatic amines is 1. The van der Waals surface area contributed by atoms with Gasteiger partial charge in [-0.1, -0.05) is 36.4 Å². The van der Waals surface area contributed by atoms with Crippen molar-refractivity contribution in [1.29, 1.82) is 0 Å². The number of para-hydroxylation sites is 1. The lowest BCUT2D eigenvalue weighted by atomic mass is 10.1. The molecule has 20 heavy (non-hydrogen) atoms. The standard InChI is InChI=1S/C16H11N3S/c1-2-4-15-14(3-1)18-16(20-15)12-7-5-11(6-8-12)13-9-10-17-19-13/h1-10H,(H,17,19). The molecule has 0 spiro atoms. The van der Waals surface area contributed by atoms with Crippen LogP contribution in [-0.4, -0.2) is 15.2 Å². The average Bonchev–Trinajstić information content (AvgIpc) is 3.17. The first-order valence-electron chi connectivity index (χ1n) is 6.36. The summed E-state index contributed by atoms with van der Waals surface area (Å²) in [5.74, 6) is 0. The summed E-state index contributed by atoms with van der Waals surface area (Å²) in [6.07, 6.45) is 1.76. The van der Waals surface area contributed by atoms with Crippen LogP contribution in [0.25, 0.3) is 32.0 Å². The Labute approximate surface area is 119 Å². The van der Waals surface area contributed by atoms with Gasteiger partial charge in [0.05, 0.1) is 15.9 Å². The second kappa shape index (κ2) is 4.58. The number of thiazole rings is 1. The SMILES string of the molecule is c1ccc2sc(-c3ccc(-c4ccn[nH]4)cc3)nc2c1. The summed E-state index contributed by atoms with van der Waals surface area (Å²) < 4.78 is 1.22. The van der Waals surface area contributed by atoms with E-state index in [-0.39, 0.29) is 0 Å². The summed E-state index contributed by atoms with van der Waals surface area (Å²) in [7, 11) is 0. The van der Waals surface area contributed by atoms with E-state index in [0.29, 0.717) is 0 Å². The van der Waals surface area contributed by atoms with Crippen molar-refractivity contribution in [3.8, 4) is 21.8 Å². The van der Waals surface area contributed by atoms with Crippen LogP contribution < -0.4 is 0 Å². The molecule has 4 heteroatoms. The van der Waals surface area contributed by atoms with Crippen LogP contribution >= 0.6 is 11.3 Å². The van der Waals surface area contributed by atoms with Gasteiger partial charge in [-0.05, 0) is 23.8 Å². The first-order chi connectivity index (χ1) is 9.90. The highest BCUT2D eigenvalue weighted by atomic mass is 32.1. The molecule has 2 aromatic carbocycles. The average molecular weight is 277 g/mol. The second-order valence-corrected chi connectivity index (χ2v) is 5.57. The minimum Gasteiger partial charge on any atom is -0.278 e. The van der Waals surface area contributed by atoms with Gasteiger partial charge < -0.3 is 0 Å². The van der Waals surface area contributed by atoms with Crippen LogP contribution in [0, 0.1) is 0 Å². The zero-order chi connectivity index (χ0) is 13.4. The smallest absolute Gasteiger partial charge is 0.124 e. The van der Waals surface area contributed by atoms with Gasteiger partial charge in [-0.25, -0.2) is 4.98 Å². The summed E-state index contributed by atoms with van der Waals surface area (Å²) in [5.41, 5.74) is 4.37. The van der Waals surface area contributed by atoms with Gasteiger partial charge in [0, 0.05) is 11.8 Å². The summed E-state index contributed by atoms with van der Waals surface area (Å²) in [6, 6.07) is 18.6. The Hall–Kier alpha value is -2.46. The normalized spacial score (nSPS) is 11.0. The van der Waals surface area contributed by atoms with Gasteiger partial charge in [-0.3, -0.25) is 5.10 Å². The van der Waals surface area contributed by atoms with Crippen molar-refractivity contribution in [2.45, 2.75) is 0 Å². The Kier molecular flexibility index (Phi) is 2.60. The third kappa shape index (κ3) is 1.90. The minimum absolute atomic E-state index is 1.03. The number of fused-ring (bicyclic) bond motifs is 1. The molecule has 0 atom stereocenters. The molecular weight excluding hydrogens is 266 g/mol. The topological polar surface area (TPSA) is 41.6 Å². The monoisotopic (exact) mass is 277 g/mol. The lowest BCUT2D eigenvalue weighted by molar-refractivity contribution is 1.10. The zero-order valence-electron chi connectivity index (χ0n) is 10.6. The van der Waals surface area contributed by atoms with E-state index < -0.39 is 0 Å². The molecule has 0 aliphatic rings. The molecule has 0 saturated carbocycles. The highest BCUT2D eigenvalue weighted by Gasteiger charge is 2.06. The number of hydrogen-bond donors (Lipinski definition) is 1. The molecule has 2 heterocycles. The van der Waals surface area contributed by atoms with Crippen molar-refractivity contribution >= 4 is 21.6 Å². The number of nitrogens with one attached hydrogen (secondary N) is 1. The van der Waals surface area contributed by atoms with E-state index in [9.17, 15) is 0 Å². The maximum atomic E-state index is 4.67. The van der Waals surface area contributed by atoms with Gasteiger partial charge in [-0.15, -0.1) is 11.3 Å². The Morgan fingerprint density at radius 2 is 1.65 bits per heavy atom. The van der Waals surface area contributed by atoms with E-state index in [1.165, 1.54) is 4.70 Å².